The molecule has 1 rings (SSSR count). The van der Waals surface area contributed by atoms with E-state index in [1.54, 1.807) is 0 Å². The van der Waals surface area contributed by atoms with E-state index in [1.807, 2.05) is 6.08 Å². The van der Waals surface area contributed by atoms with Gasteiger partial charge in [0.05, 0.1) is 0 Å². The average Bonchev–Trinajstić information content (AvgIpc) is 1.94. The normalized spacial score (nSPS) is 19.3. The predicted octanol–water partition coefficient (Wildman–Crippen LogP) is -1.80. The van der Waals surface area contributed by atoms with Crippen molar-refractivity contribution in [3.8, 4) is 0 Å². The van der Waals surface area contributed by atoms with Gasteiger partial charge in [0.25, 0.3) is 0 Å². The molecule has 0 heterocycles. The van der Waals surface area contributed by atoms with Crippen molar-refractivity contribution in [1.29, 1.82) is 0 Å². The molecule has 0 amide bonds. The minimum absolute atomic E-state index is 0. The molecule has 0 radical (unpaired) electrons. The molecule has 0 bridgehead atoms. The number of allylic oxidation sites excluding steroid dienone is 2. The first-order chi connectivity index (χ1) is 3.89. The van der Waals surface area contributed by atoms with Crippen LogP contribution < -0.4 is 24.0 Å². The van der Waals surface area contributed by atoms with Crippen LogP contribution in [-0.4, -0.2) is 0 Å². The van der Waals surface area contributed by atoms with Crippen LogP contribution in [0.25, 0.3) is 0 Å². The SMILES string of the molecule is [Li+].[O-]C1=CCCCCC1. The summed E-state index contributed by atoms with van der Waals surface area (Å²) >= 11 is 0. The monoisotopic (exact) mass is 118 g/mol. The zero-order chi connectivity index (χ0) is 5.82. The molecular formula is C7H11LiO. The van der Waals surface area contributed by atoms with Gasteiger partial charge in [0, 0.05) is 0 Å². The summed E-state index contributed by atoms with van der Waals surface area (Å²) in [6.07, 6.45) is 7.19. The molecule has 0 aromatic heterocycles. The van der Waals surface area contributed by atoms with Crippen LogP contribution in [0, 0.1) is 0 Å². The van der Waals surface area contributed by atoms with Gasteiger partial charge in [-0.05, 0) is 19.3 Å². The van der Waals surface area contributed by atoms with Gasteiger partial charge in [-0.15, -0.1) is 5.76 Å². The first-order valence-corrected chi connectivity index (χ1v) is 3.25. The number of hydrogen-bond donors (Lipinski definition) is 0. The summed E-state index contributed by atoms with van der Waals surface area (Å²) in [4.78, 5) is 0. The van der Waals surface area contributed by atoms with Crippen molar-refractivity contribution >= 4 is 0 Å². The Balaban J connectivity index is 0.000000640. The van der Waals surface area contributed by atoms with Crippen molar-refractivity contribution < 1.29 is 24.0 Å². The van der Waals surface area contributed by atoms with Gasteiger partial charge in [0.15, 0.2) is 0 Å². The van der Waals surface area contributed by atoms with E-state index in [4.69, 9.17) is 0 Å². The maximum Gasteiger partial charge on any atom is 1.00 e. The maximum atomic E-state index is 10.6. The van der Waals surface area contributed by atoms with Gasteiger partial charge < -0.3 is 5.11 Å². The minimum atomic E-state index is 0. The number of rotatable bonds is 0. The molecule has 9 heavy (non-hydrogen) atoms. The minimum Gasteiger partial charge on any atom is -0.876 e. The molecule has 0 fully saturated rings. The fourth-order valence-electron chi connectivity index (χ4n) is 0.985. The molecule has 0 saturated heterocycles. The first-order valence-electron chi connectivity index (χ1n) is 3.25. The van der Waals surface area contributed by atoms with Crippen LogP contribution in [0.15, 0.2) is 11.8 Å². The van der Waals surface area contributed by atoms with Crippen molar-refractivity contribution in [1.82, 2.24) is 0 Å². The average molecular weight is 118 g/mol. The molecule has 46 valence electrons. The Morgan fingerprint density at radius 2 is 2.00 bits per heavy atom. The van der Waals surface area contributed by atoms with Crippen LogP contribution in [0.2, 0.25) is 0 Å². The van der Waals surface area contributed by atoms with Gasteiger partial charge in [-0.1, -0.05) is 18.9 Å². The van der Waals surface area contributed by atoms with Crippen LogP contribution in [0.3, 0.4) is 0 Å². The molecular weight excluding hydrogens is 107 g/mol. The quantitative estimate of drug-likeness (QED) is 0.344. The Morgan fingerprint density at radius 3 is 2.78 bits per heavy atom. The summed E-state index contributed by atoms with van der Waals surface area (Å²) in [6, 6.07) is 0. The second kappa shape index (κ2) is 4.97. The van der Waals surface area contributed by atoms with Gasteiger partial charge in [-0.3, -0.25) is 0 Å². The molecule has 1 aliphatic rings. The van der Waals surface area contributed by atoms with E-state index < -0.39 is 0 Å². The molecule has 1 nitrogen and oxygen atoms in total. The van der Waals surface area contributed by atoms with Gasteiger partial charge in [-0.25, -0.2) is 0 Å². The maximum absolute atomic E-state index is 10.6. The van der Waals surface area contributed by atoms with E-state index in [9.17, 15) is 5.11 Å². The molecule has 0 saturated carbocycles. The first kappa shape index (κ1) is 9.14. The summed E-state index contributed by atoms with van der Waals surface area (Å²) in [5.41, 5.74) is 0. The summed E-state index contributed by atoms with van der Waals surface area (Å²) in [5, 5.41) is 10.6. The Kier molecular flexibility index (Phi) is 5.04. The third kappa shape index (κ3) is 3.67. The van der Waals surface area contributed by atoms with Gasteiger partial charge >= 0.3 is 18.9 Å². The van der Waals surface area contributed by atoms with E-state index in [2.05, 4.69) is 0 Å². The molecule has 1 aliphatic carbocycles. The summed E-state index contributed by atoms with van der Waals surface area (Å²) in [7, 11) is 0. The van der Waals surface area contributed by atoms with E-state index in [-0.39, 0.29) is 18.9 Å². The van der Waals surface area contributed by atoms with Crippen LogP contribution in [0.4, 0.5) is 0 Å². The van der Waals surface area contributed by atoms with Crippen molar-refractivity contribution in [3.63, 3.8) is 0 Å². The van der Waals surface area contributed by atoms with Crippen molar-refractivity contribution in [2.75, 3.05) is 0 Å². The molecule has 0 aromatic carbocycles. The largest absolute Gasteiger partial charge is 1.00 e. The Bertz CT molecular complexity index is 99.1. The fraction of sp³-hybridized carbons (Fsp3) is 0.714. The predicted molar refractivity (Wildman–Crippen MR) is 31.2 cm³/mol. The van der Waals surface area contributed by atoms with Gasteiger partial charge in [-0.2, -0.15) is 0 Å². The molecule has 2 heteroatoms. The Morgan fingerprint density at radius 1 is 1.22 bits per heavy atom. The van der Waals surface area contributed by atoms with E-state index in [0.717, 1.165) is 19.3 Å². The van der Waals surface area contributed by atoms with E-state index in [1.165, 1.54) is 12.8 Å². The van der Waals surface area contributed by atoms with Crippen molar-refractivity contribution in [2.24, 2.45) is 0 Å². The molecule has 0 aliphatic heterocycles. The smallest absolute Gasteiger partial charge is 0.876 e. The summed E-state index contributed by atoms with van der Waals surface area (Å²) < 4.78 is 0. The second-order valence-corrected chi connectivity index (χ2v) is 2.27. The van der Waals surface area contributed by atoms with E-state index in [0.29, 0.717) is 5.76 Å². The van der Waals surface area contributed by atoms with Gasteiger partial charge in [0.1, 0.15) is 0 Å². The Hall–Kier alpha value is 0.137. The van der Waals surface area contributed by atoms with E-state index >= 15 is 0 Å². The second-order valence-electron chi connectivity index (χ2n) is 2.27. The van der Waals surface area contributed by atoms with Crippen molar-refractivity contribution in [2.45, 2.75) is 32.1 Å². The summed E-state index contributed by atoms with van der Waals surface area (Å²) in [6.45, 7) is 0. The van der Waals surface area contributed by atoms with Crippen LogP contribution in [0.1, 0.15) is 32.1 Å². The van der Waals surface area contributed by atoms with Gasteiger partial charge in [0.2, 0.25) is 0 Å². The third-order valence-corrected chi connectivity index (χ3v) is 1.50. The fourth-order valence-corrected chi connectivity index (χ4v) is 0.985. The van der Waals surface area contributed by atoms with Crippen LogP contribution in [-0.2, 0) is 0 Å². The summed E-state index contributed by atoms with van der Waals surface area (Å²) in [5.74, 6) is 0.350. The molecule has 0 atom stereocenters. The topological polar surface area (TPSA) is 23.1 Å². The molecule has 0 spiro atoms. The molecule has 0 N–H and O–H groups in total. The number of hydrogen-bond acceptors (Lipinski definition) is 1. The molecule has 0 unspecified atom stereocenters. The Labute approximate surface area is 68.3 Å². The van der Waals surface area contributed by atoms with Crippen LogP contribution >= 0.6 is 0 Å². The molecule has 0 aromatic rings. The standard InChI is InChI=1S/C7H12O.Li/c8-7-5-3-1-2-4-6-7;/h5,8H,1-4,6H2;/q;+1/p-1. The zero-order valence-corrected chi connectivity index (χ0v) is 6.02. The zero-order valence-electron chi connectivity index (χ0n) is 6.02. The third-order valence-electron chi connectivity index (χ3n) is 1.50. The van der Waals surface area contributed by atoms with Crippen LogP contribution in [0.5, 0.6) is 0 Å². The van der Waals surface area contributed by atoms with Crippen molar-refractivity contribution in [3.05, 3.63) is 11.8 Å².